The molecule has 4 heteroatoms. The zero-order valence-electron chi connectivity index (χ0n) is 8.48. The van der Waals surface area contributed by atoms with Gasteiger partial charge in [0.1, 0.15) is 5.01 Å². The van der Waals surface area contributed by atoms with Crippen LogP contribution in [0.4, 0.5) is 0 Å². The molecule has 16 heavy (non-hydrogen) atoms. The third-order valence-electron chi connectivity index (χ3n) is 2.15. The number of halogens is 1. The SMILES string of the molecule is C=Cc1sc(-c2ccc(Cl)cc2)nc1CO. The predicted molar refractivity (Wildman–Crippen MR) is 68.6 cm³/mol. The van der Waals surface area contributed by atoms with Gasteiger partial charge in [-0.15, -0.1) is 11.3 Å². The van der Waals surface area contributed by atoms with Crippen LogP contribution < -0.4 is 0 Å². The van der Waals surface area contributed by atoms with Crippen LogP contribution in [0.3, 0.4) is 0 Å². The van der Waals surface area contributed by atoms with Crippen molar-refractivity contribution in [3.05, 3.63) is 46.4 Å². The lowest BCUT2D eigenvalue weighted by Gasteiger charge is -1.95. The Bertz CT molecular complexity index is 504. The summed E-state index contributed by atoms with van der Waals surface area (Å²) < 4.78 is 0. The molecule has 0 aliphatic carbocycles. The molecule has 0 fully saturated rings. The van der Waals surface area contributed by atoms with Gasteiger partial charge in [0, 0.05) is 10.6 Å². The predicted octanol–water partition coefficient (Wildman–Crippen LogP) is 3.60. The van der Waals surface area contributed by atoms with E-state index in [1.54, 1.807) is 6.08 Å². The van der Waals surface area contributed by atoms with Crippen molar-refractivity contribution in [3.63, 3.8) is 0 Å². The summed E-state index contributed by atoms with van der Waals surface area (Å²) in [6.07, 6.45) is 1.71. The zero-order chi connectivity index (χ0) is 11.5. The number of nitrogens with zero attached hydrogens (tertiary/aromatic N) is 1. The van der Waals surface area contributed by atoms with Crippen LogP contribution in [-0.4, -0.2) is 10.1 Å². The molecule has 1 heterocycles. The average molecular weight is 252 g/mol. The normalized spacial score (nSPS) is 10.4. The maximum absolute atomic E-state index is 9.13. The van der Waals surface area contributed by atoms with Gasteiger partial charge in [-0.3, -0.25) is 0 Å². The Labute approximate surface area is 103 Å². The van der Waals surface area contributed by atoms with Gasteiger partial charge >= 0.3 is 0 Å². The van der Waals surface area contributed by atoms with E-state index < -0.39 is 0 Å². The zero-order valence-corrected chi connectivity index (χ0v) is 10.1. The molecule has 1 aromatic carbocycles. The minimum absolute atomic E-state index is 0.0640. The fourth-order valence-corrected chi connectivity index (χ4v) is 2.41. The molecule has 0 atom stereocenters. The van der Waals surface area contributed by atoms with Gasteiger partial charge in [0.2, 0.25) is 0 Å². The molecule has 0 aliphatic heterocycles. The molecule has 0 unspecified atom stereocenters. The van der Waals surface area contributed by atoms with Crippen molar-refractivity contribution < 1.29 is 5.11 Å². The highest BCUT2D eigenvalue weighted by molar-refractivity contribution is 7.16. The Morgan fingerprint density at radius 1 is 1.38 bits per heavy atom. The summed E-state index contributed by atoms with van der Waals surface area (Å²) in [5.74, 6) is 0. The number of aliphatic hydroxyl groups is 1. The van der Waals surface area contributed by atoms with Gasteiger partial charge in [-0.1, -0.05) is 36.4 Å². The first-order valence-corrected chi connectivity index (χ1v) is 5.93. The topological polar surface area (TPSA) is 33.1 Å². The number of aromatic nitrogens is 1. The van der Waals surface area contributed by atoms with Crippen molar-refractivity contribution >= 4 is 29.0 Å². The molecule has 2 rings (SSSR count). The quantitative estimate of drug-likeness (QED) is 0.904. The van der Waals surface area contributed by atoms with Gasteiger partial charge in [0.15, 0.2) is 0 Å². The van der Waals surface area contributed by atoms with Crippen LogP contribution in [-0.2, 0) is 6.61 Å². The molecule has 2 aromatic rings. The number of rotatable bonds is 3. The van der Waals surface area contributed by atoms with Crippen LogP contribution in [0.15, 0.2) is 30.8 Å². The first kappa shape index (κ1) is 11.3. The molecule has 82 valence electrons. The second kappa shape index (κ2) is 4.78. The Morgan fingerprint density at radius 2 is 2.06 bits per heavy atom. The third-order valence-corrected chi connectivity index (χ3v) is 3.55. The third kappa shape index (κ3) is 2.16. The van der Waals surface area contributed by atoms with Gasteiger partial charge in [0.05, 0.1) is 17.2 Å². The second-order valence-electron chi connectivity index (χ2n) is 3.20. The van der Waals surface area contributed by atoms with E-state index >= 15 is 0 Å². The Kier molecular flexibility index (Phi) is 3.39. The molecule has 1 N–H and O–H groups in total. The van der Waals surface area contributed by atoms with Crippen LogP contribution in [0.1, 0.15) is 10.6 Å². The summed E-state index contributed by atoms with van der Waals surface area (Å²) in [7, 11) is 0. The summed E-state index contributed by atoms with van der Waals surface area (Å²) in [6, 6.07) is 7.47. The van der Waals surface area contributed by atoms with E-state index in [4.69, 9.17) is 16.7 Å². The van der Waals surface area contributed by atoms with E-state index in [0.29, 0.717) is 10.7 Å². The summed E-state index contributed by atoms with van der Waals surface area (Å²) >= 11 is 7.33. The highest BCUT2D eigenvalue weighted by atomic mass is 35.5. The fourth-order valence-electron chi connectivity index (χ4n) is 1.35. The highest BCUT2D eigenvalue weighted by Gasteiger charge is 2.09. The smallest absolute Gasteiger partial charge is 0.124 e. The number of hydrogen-bond acceptors (Lipinski definition) is 3. The summed E-state index contributed by atoms with van der Waals surface area (Å²) in [5, 5.41) is 10.7. The van der Waals surface area contributed by atoms with E-state index in [-0.39, 0.29) is 6.61 Å². The van der Waals surface area contributed by atoms with E-state index in [9.17, 15) is 0 Å². The van der Waals surface area contributed by atoms with E-state index in [0.717, 1.165) is 15.4 Å². The molecular weight excluding hydrogens is 242 g/mol. The van der Waals surface area contributed by atoms with Gasteiger partial charge in [0.25, 0.3) is 0 Å². The lowest BCUT2D eigenvalue weighted by atomic mass is 10.2. The van der Waals surface area contributed by atoms with Gasteiger partial charge in [-0.05, 0) is 12.1 Å². The summed E-state index contributed by atoms with van der Waals surface area (Å²) in [5.41, 5.74) is 1.67. The maximum atomic E-state index is 9.13. The Hall–Kier alpha value is -1.16. The van der Waals surface area contributed by atoms with Crippen LogP contribution in [0.5, 0.6) is 0 Å². The van der Waals surface area contributed by atoms with Crippen molar-refractivity contribution in [1.29, 1.82) is 0 Å². The monoisotopic (exact) mass is 251 g/mol. The van der Waals surface area contributed by atoms with E-state index in [2.05, 4.69) is 11.6 Å². The number of benzene rings is 1. The van der Waals surface area contributed by atoms with Crippen LogP contribution in [0, 0.1) is 0 Å². The molecule has 2 nitrogen and oxygen atoms in total. The number of thiazole rings is 1. The van der Waals surface area contributed by atoms with Crippen molar-refractivity contribution in [2.75, 3.05) is 0 Å². The largest absolute Gasteiger partial charge is 0.390 e. The lowest BCUT2D eigenvalue weighted by molar-refractivity contribution is 0.277. The first-order valence-electron chi connectivity index (χ1n) is 4.73. The molecule has 0 saturated carbocycles. The lowest BCUT2D eigenvalue weighted by Crippen LogP contribution is -1.85. The average Bonchev–Trinajstić information content (AvgIpc) is 2.73. The Balaban J connectivity index is 2.44. The second-order valence-corrected chi connectivity index (χ2v) is 4.67. The van der Waals surface area contributed by atoms with E-state index in [1.807, 2.05) is 24.3 Å². The standard InChI is InChI=1S/C12H10ClNOS/c1-2-11-10(7-15)14-12(16-11)8-3-5-9(13)6-4-8/h2-6,15H,1,7H2. The molecule has 0 saturated heterocycles. The van der Waals surface area contributed by atoms with Gasteiger partial charge in [-0.2, -0.15) is 0 Å². The summed E-state index contributed by atoms with van der Waals surface area (Å²) in [4.78, 5) is 5.26. The maximum Gasteiger partial charge on any atom is 0.124 e. The summed E-state index contributed by atoms with van der Waals surface area (Å²) in [6.45, 7) is 3.63. The van der Waals surface area contributed by atoms with Crippen molar-refractivity contribution in [3.8, 4) is 10.6 Å². The fraction of sp³-hybridized carbons (Fsp3) is 0.0833. The van der Waals surface area contributed by atoms with Crippen molar-refractivity contribution in [1.82, 2.24) is 4.98 Å². The van der Waals surface area contributed by atoms with Crippen LogP contribution >= 0.6 is 22.9 Å². The molecule has 0 amide bonds. The highest BCUT2D eigenvalue weighted by Crippen LogP contribution is 2.29. The molecule has 0 bridgehead atoms. The van der Waals surface area contributed by atoms with Crippen molar-refractivity contribution in [2.24, 2.45) is 0 Å². The van der Waals surface area contributed by atoms with Gasteiger partial charge in [-0.25, -0.2) is 4.98 Å². The number of aliphatic hydroxyl groups excluding tert-OH is 1. The molecular formula is C12H10ClNOS. The van der Waals surface area contributed by atoms with Crippen LogP contribution in [0.2, 0.25) is 5.02 Å². The molecule has 0 aliphatic rings. The van der Waals surface area contributed by atoms with E-state index in [1.165, 1.54) is 11.3 Å². The molecule has 1 aromatic heterocycles. The van der Waals surface area contributed by atoms with Crippen molar-refractivity contribution in [2.45, 2.75) is 6.61 Å². The Morgan fingerprint density at radius 3 is 2.56 bits per heavy atom. The first-order chi connectivity index (χ1) is 7.74. The molecule has 0 radical (unpaired) electrons. The number of hydrogen-bond donors (Lipinski definition) is 1. The van der Waals surface area contributed by atoms with Gasteiger partial charge < -0.3 is 5.11 Å². The minimum Gasteiger partial charge on any atom is -0.390 e. The minimum atomic E-state index is -0.0640. The van der Waals surface area contributed by atoms with Crippen LogP contribution in [0.25, 0.3) is 16.6 Å². The molecule has 0 spiro atoms.